The lowest BCUT2D eigenvalue weighted by molar-refractivity contribution is 0.0949. The van der Waals surface area contributed by atoms with Crippen LogP contribution in [0.3, 0.4) is 0 Å². The second-order valence-electron chi connectivity index (χ2n) is 4.23. The number of rotatable bonds is 4. The number of aryl methyl sites for hydroxylation is 2. The van der Waals surface area contributed by atoms with Gasteiger partial charge in [0.15, 0.2) is 0 Å². The molecular weight excluding hydrogens is 236 g/mol. The zero-order chi connectivity index (χ0) is 13.2. The molecule has 1 aromatic rings. The van der Waals surface area contributed by atoms with Gasteiger partial charge in [0, 0.05) is 18.0 Å². The monoisotopic (exact) mass is 254 g/mol. The van der Waals surface area contributed by atoms with E-state index in [0.717, 1.165) is 11.3 Å². The first kappa shape index (κ1) is 13.7. The van der Waals surface area contributed by atoms with E-state index in [1.54, 1.807) is 6.92 Å². The normalized spacial score (nSPS) is 12.2. The number of amides is 1. The fourth-order valence-corrected chi connectivity index (χ4v) is 1.65. The molecule has 0 saturated carbocycles. The number of hydrogen-bond donors (Lipinski definition) is 2. The van der Waals surface area contributed by atoms with Crippen molar-refractivity contribution in [2.24, 2.45) is 11.7 Å². The first-order valence-electron chi connectivity index (χ1n) is 5.48. The van der Waals surface area contributed by atoms with Crippen molar-refractivity contribution in [2.75, 3.05) is 6.54 Å². The van der Waals surface area contributed by atoms with E-state index in [-0.39, 0.29) is 11.8 Å². The fraction of sp³-hybridized carbons (Fsp3) is 0.500. The van der Waals surface area contributed by atoms with Crippen LogP contribution in [0.5, 0.6) is 0 Å². The van der Waals surface area contributed by atoms with Gasteiger partial charge in [-0.2, -0.15) is 0 Å². The Morgan fingerprint density at radius 2 is 2.00 bits per heavy atom. The van der Waals surface area contributed by atoms with Crippen molar-refractivity contribution < 1.29 is 9.21 Å². The first-order chi connectivity index (χ1) is 7.84. The van der Waals surface area contributed by atoms with Crippen molar-refractivity contribution >= 4 is 23.1 Å². The molecule has 0 aliphatic heterocycles. The number of nitrogens with two attached hydrogens (primary N) is 1. The Bertz CT molecular complexity index is 452. The summed E-state index contributed by atoms with van der Waals surface area (Å²) in [5.41, 5.74) is 6.97. The summed E-state index contributed by atoms with van der Waals surface area (Å²) in [6.45, 7) is 7.82. The van der Waals surface area contributed by atoms with Gasteiger partial charge in [0.1, 0.15) is 11.5 Å². The molecule has 0 radical (unpaired) electrons. The van der Waals surface area contributed by atoms with Gasteiger partial charge in [0.2, 0.25) is 0 Å². The third kappa shape index (κ3) is 3.06. The van der Waals surface area contributed by atoms with Crippen LogP contribution in [0.15, 0.2) is 4.42 Å². The van der Waals surface area contributed by atoms with Crippen LogP contribution in [0, 0.1) is 26.7 Å². The molecule has 94 valence electrons. The number of nitrogens with one attached hydrogen (secondary N) is 1. The van der Waals surface area contributed by atoms with Crippen molar-refractivity contribution in [1.82, 2.24) is 5.32 Å². The highest BCUT2D eigenvalue weighted by atomic mass is 32.1. The molecule has 1 unspecified atom stereocenters. The van der Waals surface area contributed by atoms with E-state index in [1.807, 2.05) is 20.8 Å². The van der Waals surface area contributed by atoms with Gasteiger partial charge in [-0.15, -0.1) is 0 Å². The van der Waals surface area contributed by atoms with Crippen LogP contribution in [-0.2, 0) is 0 Å². The summed E-state index contributed by atoms with van der Waals surface area (Å²) in [4.78, 5) is 12.4. The van der Waals surface area contributed by atoms with Crippen LogP contribution >= 0.6 is 12.2 Å². The molecule has 0 aliphatic carbocycles. The van der Waals surface area contributed by atoms with Gasteiger partial charge in [-0.1, -0.05) is 19.1 Å². The fourth-order valence-electron chi connectivity index (χ4n) is 1.56. The molecule has 17 heavy (non-hydrogen) atoms. The van der Waals surface area contributed by atoms with E-state index in [4.69, 9.17) is 22.4 Å². The van der Waals surface area contributed by atoms with Gasteiger partial charge in [-0.3, -0.25) is 4.79 Å². The highest BCUT2D eigenvalue weighted by Crippen LogP contribution is 2.20. The molecule has 0 fully saturated rings. The van der Waals surface area contributed by atoms with Crippen LogP contribution in [0.4, 0.5) is 0 Å². The summed E-state index contributed by atoms with van der Waals surface area (Å²) in [5.74, 6) is 1.26. The van der Waals surface area contributed by atoms with Crippen molar-refractivity contribution in [2.45, 2.75) is 27.7 Å². The van der Waals surface area contributed by atoms with E-state index in [0.29, 0.717) is 22.9 Å². The SMILES string of the molecule is Cc1oc(C)c(C(=O)NCC(C)C(N)=S)c1C. The first-order valence-corrected chi connectivity index (χ1v) is 5.89. The van der Waals surface area contributed by atoms with Gasteiger partial charge in [-0.05, 0) is 20.8 Å². The molecule has 5 heteroatoms. The van der Waals surface area contributed by atoms with Gasteiger partial charge in [0.05, 0.1) is 10.6 Å². The van der Waals surface area contributed by atoms with E-state index in [9.17, 15) is 4.79 Å². The maximum absolute atomic E-state index is 12.0. The lowest BCUT2D eigenvalue weighted by atomic mass is 10.1. The quantitative estimate of drug-likeness (QED) is 0.805. The predicted octanol–water partition coefficient (Wildman–Crippen LogP) is 1.86. The maximum atomic E-state index is 12.0. The van der Waals surface area contributed by atoms with Crippen LogP contribution < -0.4 is 11.1 Å². The molecule has 1 atom stereocenters. The zero-order valence-electron chi connectivity index (χ0n) is 10.6. The molecular formula is C12H18N2O2S. The number of thiocarbonyl (C=S) groups is 1. The smallest absolute Gasteiger partial charge is 0.255 e. The zero-order valence-corrected chi connectivity index (χ0v) is 11.4. The average Bonchev–Trinajstić information content (AvgIpc) is 2.49. The van der Waals surface area contributed by atoms with Crippen molar-refractivity contribution in [3.8, 4) is 0 Å². The van der Waals surface area contributed by atoms with Crippen molar-refractivity contribution in [3.05, 3.63) is 22.6 Å². The molecule has 0 bridgehead atoms. The maximum Gasteiger partial charge on any atom is 0.255 e. The lowest BCUT2D eigenvalue weighted by Crippen LogP contribution is -2.34. The van der Waals surface area contributed by atoms with Crippen LogP contribution in [0.2, 0.25) is 0 Å². The molecule has 3 N–H and O–H groups in total. The van der Waals surface area contributed by atoms with Crippen molar-refractivity contribution in [1.29, 1.82) is 0 Å². The Balaban J connectivity index is 2.74. The second kappa shape index (κ2) is 5.31. The van der Waals surface area contributed by atoms with Crippen molar-refractivity contribution in [3.63, 3.8) is 0 Å². The van der Waals surface area contributed by atoms with E-state index >= 15 is 0 Å². The minimum absolute atomic E-state index is 0.0115. The summed E-state index contributed by atoms with van der Waals surface area (Å²) in [5, 5.41) is 2.81. The molecule has 1 amide bonds. The Labute approximate surface area is 107 Å². The summed E-state index contributed by atoms with van der Waals surface area (Å²) in [6.07, 6.45) is 0. The van der Waals surface area contributed by atoms with Crippen LogP contribution in [-0.4, -0.2) is 17.4 Å². The minimum atomic E-state index is -0.139. The largest absolute Gasteiger partial charge is 0.466 e. The summed E-state index contributed by atoms with van der Waals surface area (Å²) >= 11 is 4.85. The number of carbonyl (C=O) groups excluding carboxylic acids is 1. The molecule has 0 spiro atoms. The predicted molar refractivity (Wildman–Crippen MR) is 71.2 cm³/mol. The Morgan fingerprint density at radius 1 is 1.41 bits per heavy atom. The number of hydrogen-bond acceptors (Lipinski definition) is 3. The van der Waals surface area contributed by atoms with Gasteiger partial charge < -0.3 is 15.5 Å². The lowest BCUT2D eigenvalue weighted by Gasteiger charge is -2.10. The third-order valence-electron chi connectivity index (χ3n) is 2.84. The molecule has 0 aliphatic rings. The molecule has 4 nitrogen and oxygen atoms in total. The summed E-state index contributed by atoms with van der Waals surface area (Å²) in [6, 6.07) is 0. The highest BCUT2D eigenvalue weighted by molar-refractivity contribution is 7.80. The van der Waals surface area contributed by atoms with Crippen LogP contribution in [0.25, 0.3) is 0 Å². The van der Waals surface area contributed by atoms with Gasteiger partial charge in [0.25, 0.3) is 5.91 Å². The Morgan fingerprint density at radius 3 is 2.41 bits per heavy atom. The summed E-state index contributed by atoms with van der Waals surface area (Å²) in [7, 11) is 0. The third-order valence-corrected chi connectivity index (χ3v) is 3.25. The topological polar surface area (TPSA) is 68.3 Å². The number of carbonyl (C=O) groups is 1. The van der Waals surface area contributed by atoms with E-state index < -0.39 is 0 Å². The Hall–Kier alpha value is -1.36. The van der Waals surface area contributed by atoms with Gasteiger partial charge >= 0.3 is 0 Å². The highest BCUT2D eigenvalue weighted by Gasteiger charge is 2.18. The molecule has 0 aromatic carbocycles. The molecule has 0 saturated heterocycles. The second-order valence-corrected chi connectivity index (χ2v) is 4.70. The molecule has 1 heterocycles. The van der Waals surface area contributed by atoms with E-state index in [1.165, 1.54) is 0 Å². The average molecular weight is 254 g/mol. The molecule has 1 rings (SSSR count). The minimum Gasteiger partial charge on any atom is -0.466 e. The Kier molecular flexibility index (Phi) is 4.28. The summed E-state index contributed by atoms with van der Waals surface area (Å²) < 4.78 is 5.41. The van der Waals surface area contributed by atoms with Gasteiger partial charge in [-0.25, -0.2) is 0 Å². The van der Waals surface area contributed by atoms with E-state index in [2.05, 4.69) is 5.32 Å². The number of furan rings is 1. The van der Waals surface area contributed by atoms with Crippen LogP contribution in [0.1, 0.15) is 34.4 Å². The standard InChI is InChI=1S/C12H18N2O2S/c1-6(11(13)17)5-14-12(15)10-7(2)8(3)16-9(10)4/h6H,5H2,1-4H3,(H2,13,17)(H,14,15). The molecule has 1 aromatic heterocycles.